The molecule has 110 valence electrons. The fraction of sp³-hybridized carbons (Fsp3) is 0.133. The van der Waals surface area contributed by atoms with Gasteiger partial charge in [0, 0.05) is 21.7 Å². The zero-order valence-electron chi connectivity index (χ0n) is 11.2. The molecule has 3 nitrogen and oxygen atoms in total. The summed E-state index contributed by atoms with van der Waals surface area (Å²) in [6.07, 6.45) is 0. The number of ketones is 1. The molecule has 2 aromatic rings. The first-order chi connectivity index (χ1) is 9.97. The van der Waals surface area contributed by atoms with Gasteiger partial charge in [-0.15, -0.1) is 0 Å². The molecule has 21 heavy (non-hydrogen) atoms. The lowest BCUT2D eigenvalue weighted by atomic mass is 10.0. The monoisotopic (exact) mass is 388 g/mol. The Hall–Kier alpha value is -1.23. The van der Waals surface area contributed by atoms with Crippen LogP contribution in [0.15, 0.2) is 34.8 Å². The highest BCUT2D eigenvalue weighted by Gasteiger charge is 2.18. The van der Waals surface area contributed by atoms with E-state index in [9.17, 15) is 4.79 Å². The van der Waals surface area contributed by atoms with Crippen molar-refractivity contribution < 1.29 is 14.3 Å². The Morgan fingerprint density at radius 2 is 1.62 bits per heavy atom. The molecule has 2 aromatic carbocycles. The van der Waals surface area contributed by atoms with Crippen LogP contribution in [0.3, 0.4) is 0 Å². The number of carbonyl (C=O) groups excluding carboxylic acids is 1. The first-order valence-electron chi connectivity index (χ1n) is 5.89. The van der Waals surface area contributed by atoms with E-state index >= 15 is 0 Å². The molecule has 0 N–H and O–H groups in total. The van der Waals surface area contributed by atoms with E-state index in [1.165, 1.54) is 14.2 Å². The normalized spacial score (nSPS) is 10.3. The van der Waals surface area contributed by atoms with Crippen LogP contribution in [-0.2, 0) is 0 Å². The second-order valence-corrected chi connectivity index (χ2v) is 5.81. The van der Waals surface area contributed by atoms with Crippen molar-refractivity contribution in [2.45, 2.75) is 0 Å². The van der Waals surface area contributed by atoms with Crippen LogP contribution in [0.25, 0.3) is 0 Å². The minimum atomic E-state index is -0.224. The Labute approximate surface area is 140 Å². The summed E-state index contributed by atoms with van der Waals surface area (Å²) < 4.78 is 11.0. The summed E-state index contributed by atoms with van der Waals surface area (Å²) >= 11 is 15.4. The quantitative estimate of drug-likeness (QED) is 0.690. The molecule has 0 unspecified atom stereocenters. The standard InChI is InChI=1S/C15H11BrCl2O3/c1-20-13-6-9(12(18)7-14(13)21-2)15(19)8-3-4-11(17)10(16)5-8/h3-7H,1-2H3. The number of rotatable bonds is 4. The summed E-state index contributed by atoms with van der Waals surface area (Å²) in [5.41, 5.74) is 0.809. The Kier molecular flexibility index (Phi) is 5.14. The molecule has 0 radical (unpaired) electrons. The fourth-order valence-corrected chi connectivity index (χ4v) is 2.56. The summed E-state index contributed by atoms with van der Waals surface area (Å²) in [6.45, 7) is 0. The zero-order valence-corrected chi connectivity index (χ0v) is 14.3. The van der Waals surface area contributed by atoms with Crippen molar-refractivity contribution >= 4 is 44.9 Å². The summed E-state index contributed by atoms with van der Waals surface area (Å²) in [5.74, 6) is 0.688. The number of hydrogen-bond donors (Lipinski definition) is 0. The SMILES string of the molecule is COc1cc(Cl)c(C(=O)c2ccc(Cl)c(Br)c2)cc1OC. The average Bonchev–Trinajstić information content (AvgIpc) is 2.49. The first-order valence-corrected chi connectivity index (χ1v) is 7.44. The molecule has 6 heteroatoms. The first kappa shape index (κ1) is 16.1. The third-order valence-corrected chi connectivity index (χ3v) is 4.43. The number of carbonyl (C=O) groups is 1. The Morgan fingerprint density at radius 3 is 2.19 bits per heavy atom. The van der Waals surface area contributed by atoms with Crippen LogP contribution >= 0.6 is 39.1 Å². The van der Waals surface area contributed by atoms with Crippen LogP contribution < -0.4 is 9.47 Å². The van der Waals surface area contributed by atoms with Gasteiger partial charge in [0.1, 0.15) is 0 Å². The molecule has 0 saturated carbocycles. The van der Waals surface area contributed by atoms with E-state index in [-0.39, 0.29) is 5.78 Å². The Bertz CT molecular complexity index is 702. The van der Waals surface area contributed by atoms with Gasteiger partial charge < -0.3 is 9.47 Å². The van der Waals surface area contributed by atoms with Crippen LogP contribution in [0.5, 0.6) is 11.5 Å². The van der Waals surface area contributed by atoms with E-state index in [0.717, 1.165) is 0 Å². The maximum atomic E-state index is 12.6. The van der Waals surface area contributed by atoms with E-state index in [2.05, 4.69) is 15.9 Å². The van der Waals surface area contributed by atoms with Crippen LogP contribution in [0.4, 0.5) is 0 Å². The second-order valence-electron chi connectivity index (χ2n) is 4.15. The third kappa shape index (κ3) is 3.34. The molecule has 2 rings (SSSR count). The molecule has 0 bridgehead atoms. The molecule has 0 aliphatic heterocycles. The number of benzene rings is 2. The molecule has 0 aromatic heterocycles. The fourth-order valence-electron chi connectivity index (χ4n) is 1.82. The smallest absolute Gasteiger partial charge is 0.194 e. The predicted molar refractivity (Wildman–Crippen MR) is 87.1 cm³/mol. The van der Waals surface area contributed by atoms with Crippen molar-refractivity contribution in [1.29, 1.82) is 0 Å². The van der Waals surface area contributed by atoms with Gasteiger partial charge in [-0.05, 0) is 40.2 Å². The van der Waals surface area contributed by atoms with E-state index in [1.54, 1.807) is 30.3 Å². The third-order valence-electron chi connectivity index (χ3n) is 2.90. The maximum Gasteiger partial charge on any atom is 0.194 e. The van der Waals surface area contributed by atoms with Crippen molar-refractivity contribution in [3.8, 4) is 11.5 Å². The van der Waals surface area contributed by atoms with E-state index in [0.29, 0.717) is 37.1 Å². The minimum Gasteiger partial charge on any atom is -0.493 e. The lowest BCUT2D eigenvalue weighted by molar-refractivity contribution is 0.103. The number of halogens is 3. The van der Waals surface area contributed by atoms with Gasteiger partial charge >= 0.3 is 0 Å². The molecule has 0 spiro atoms. The molecule has 0 aliphatic rings. The van der Waals surface area contributed by atoms with Crippen LogP contribution in [0.2, 0.25) is 10.0 Å². The van der Waals surface area contributed by atoms with E-state index in [1.807, 2.05) is 0 Å². The van der Waals surface area contributed by atoms with Gasteiger partial charge in [0.15, 0.2) is 17.3 Å². The van der Waals surface area contributed by atoms with Gasteiger partial charge in [0.2, 0.25) is 0 Å². The highest BCUT2D eigenvalue weighted by atomic mass is 79.9. The van der Waals surface area contributed by atoms with Crippen LogP contribution in [0, 0.1) is 0 Å². The number of ether oxygens (including phenoxy) is 2. The predicted octanol–water partition coefficient (Wildman–Crippen LogP) is 5.00. The van der Waals surface area contributed by atoms with Gasteiger partial charge in [-0.3, -0.25) is 4.79 Å². The van der Waals surface area contributed by atoms with Gasteiger partial charge in [-0.2, -0.15) is 0 Å². The average molecular weight is 390 g/mol. The zero-order chi connectivity index (χ0) is 15.6. The molecule has 0 amide bonds. The van der Waals surface area contributed by atoms with E-state index in [4.69, 9.17) is 32.7 Å². The topological polar surface area (TPSA) is 35.5 Å². The summed E-state index contributed by atoms with van der Waals surface area (Å²) in [5, 5.41) is 0.827. The largest absolute Gasteiger partial charge is 0.493 e. The van der Waals surface area contributed by atoms with Crippen molar-refractivity contribution in [3.05, 3.63) is 56.0 Å². The summed E-state index contributed by atoms with van der Waals surface area (Å²) in [6, 6.07) is 8.05. The minimum absolute atomic E-state index is 0.224. The molecular formula is C15H11BrCl2O3. The highest BCUT2D eigenvalue weighted by Crippen LogP contribution is 2.34. The lowest BCUT2D eigenvalue weighted by Gasteiger charge is -2.11. The Morgan fingerprint density at radius 1 is 1.00 bits per heavy atom. The second kappa shape index (κ2) is 6.69. The maximum absolute atomic E-state index is 12.6. The molecule has 0 atom stereocenters. The van der Waals surface area contributed by atoms with Crippen molar-refractivity contribution in [2.24, 2.45) is 0 Å². The molecule has 0 fully saturated rings. The van der Waals surface area contributed by atoms with E-state index < -0.39 is 0 Å². The molecule has 0 heterocycles. The summed E-state index contributed by atoms with van der Waals surface area (Å²) in [7, 11) is 3.00. The molecular weight excluding hydrogens is 379 g/mol. The Balaban J connectivity index is 2.50. The summed E-state index contributed by atoms with van der Waals surface area (Å²) in [4.78, 5) is 12.6. The van der Waals surface area contributed by atoms with Crippen molar-refractivity contribution in [2.75, 3.05) is 14.2 Å². The number of methoxy groups -OCH3 is 2. The molecule has 0 aliphatic carbocycles. The molecule has 0 saturated heterocycles. The van der Waals surface area contributed by atoms with Gasteiger partial charge in [-0.25, -0.2) is 0 Å². The van der Waals surface area contributed by atoms with Crippen LogP contribution in [-0.4, -0.2) is 20.0 Å². The van der Waals surface area contributed by atoms with Crippen LogP contribution in [0.1, 0.15) is 15.9 Å². The van der Waals surface area contributed by atoms with Gasteiger partial charge in [-0.1, -0.05) is 23.2 Å². The van der Waals surface area contributed by atoms with Gasteiger partial charge in [0.05, 0.1) is 24.3 Å². The lowest BCUT2D eigenvalue weighted by Crippen LogP contribution is -2.04. The van der Waals surface area contributed by atoms with Crippen molar-refractivity contribution in [3.63, 3.8) is 0 Å². The van der Waals surface area contributed by atoms with Crippen molar-refractivity contribution in [1.82, 2.24) is 0 Å². The van der Waals surface area contributed by atoms with Gasteiger partial charge in [0.25, 0.3) is 0 Å². The highest BCUT2D eigenvalue weighted by molar-refractivity contribution is 9.10. The number of hydrogen-bond acceptors (Lipinski definition) is 3.